The van der Waals surface area contributed by atoms with Gasteiger partial charge in [0, 0.05) is 12.6 Å². The lowest BCUT2D eigenvalue weighted by Crippen LogP contribution is -2.01. The minimum atomic E-state index is 0.540. The highest BCUT2D eigenvalue weighted by molar-refractivity contribution is 9.10. The van der Waals surface area contributed by atoms with Crippen molar-refractivity contribution in [2.24, 2.45) is 0 Å². The maximum absolute atomic E-state index is 5.07. The third-order valence-corrected chi connectivity index (χ3v) is 2.29. The van der Waals surface area contributed by atoms with E-state index in [1.165, 1.54) is 0 Å². The molecule has 0 aliphatic rings. The van der Waals surface area contributed by atoms with E-state index in [2.05, 4.69) is 38.1 Å². The van der Waals surface area contributed by atoms with E-state index in [0.29, 0.717) is 18.3 Å². The molecule has 2 rings (SSSR count). The van der Waals surface area contributed by atoms with Gasteiger partial charge in [0.25, 0.3) is 0 Å². The second-order valence-electron chi connectivity index (χ2n) is 3.21. The Labute approximate surface area is 95.6 Å². The number of hydrogen-bond donors (Lipinski definition) is 0. The second kappa shape index (κ2) is 4.57. The Bertz CT molecular complexity index is 437. The highest BCUT2D eigenvalue weighted by Crippen LogP contribution is 2.08. The standard InChI is InChI=1S/C9H11BrN4O/c1-2-3-9-12-8(13-15-9)6-14-5-7(10)4-11-14/h4-5H,2-3,6H2,1H3. The molecule has 0 bridgehead atoms. The van der Waals surface area contributed by atoms with Gasteiger partial charge in [-0.3, -0.25) is 4.68 Å². The van der Waals surface area contributed by atoms with Gasteiger partial charge in [-0.1, -0.05) is 12.1 Å². The second-order valence-corrected chi connectivity index (χ2v) is 4.13. The monoisotopic (exact) mass is 270 g/mol. The van der Waals surface area contributed by atoms with Crippen LogP contribution in [0.2, 0.25) is 0 Å². The molecule has 6 heteroatoms. The van der Waals surface area contributed by atoms with Crippen LogP contribution >= 0.6 is 15.9 Å². The first-order chi connectivity index (χ1) is 7.28. The minimum Gasteiger partial charge on any atom is -0.339 e. The van der Waals surface area contributed by atoms with Gasteiger partial charge in [-0.05, 0) is 22.4 Å². The van der Waals surface area contributed by atoms with Crippen LogP contribution in [0, 0.1) is 0 Å². The molecule has 0 aromatic carbocycles. The third-order valence-electron chi connectivity index (χ3n) is 1.88. The molecular formula is C9H11BrN4O. The molecular weight excluding hydrogens is 260 g/mol. The van der Waals surface area contributed by atoms with Gasteiger partial charge in [0.05, 0.1) is 10.7 Å². The molecule has 0 N–H and O–H groups in total. The molecule has 5 nitrogen and oxygen atoms in total. The van der Waals surface area contributed by atoms with Gasteiger partial charge in [-0.25, -0.2) is 0 Å². The predicted molar refractivity (Wildman–Crippen MR) is 57.3 cm³/mol. The first-order valence-electron chi connectivity index (χ1n) is 4.77. The molecule has 15 heavy (non-hydrogen) atoms. The van der Waals surface area contributed by atoms with Crippen molar-refractivity contribution in [1.82, 2.24) is 19.9 Å². The number of halogens is 1. The average Bonchev–Trinajstić information content (AvgIpc) is 2.78. The van der Waals surface area contributed by atoms with E-state index < -0.39 is 0 Å². The van der Waals surface area contributed by atoms with Crippen LogP contribution in [0.1, 0.15) is 25.1 Å². The fourth-order valence-corrected chi connectivity index (χ4v) is 1.57. The Balaban J connectivity index is 2.04. The third kappa shape index (κ3) is 2.65. The van der Waals surface area contributed by atoms with Gasteiger partial charge in [0.1, 0.15) is 6.54 Å². The fraction of sp³-hybridized carbons (Fsp3) is 0.444. The topological polar surface area (TPSA) is 56.7 Å². The van der Waals surface area contributed by atoms with Crippen LogP contribution in [0.3, 0.4) is 0 Å². The van der Waals surface area contributed by atoms with E-state index in [0.717, 1.165) is 17.3 Å². The molecule has 0 spiro atoms. The van der Waals surface area contributed by atoms with Crippen molar-refractivity contribution in [2.45, 2.75) is 26.3 Å². The molecule has 2 aromatic heterocycles. The quantitative estimate of drug-likeness (QED) is 0.853. The van der Waals surface area contributed by atoms with Crippen molar-refractivity contribution in [2.75, 3.05) is 0 Å². The number of aryl methyl sites for hydroxylation is 1. The van der Waals surface area contributed by atoms with E-state index in [1.807, 2.05) is 6.20 Å². The molecule has 0 fully saturated rings. The summed E-state index contributed by atoms with van der Waals surface area (Å²) >= 11 is 3.33. The van der Waals surface area contributed by atoms with Gasteiger partial charge in [0.2, 0.25) is 5.89 Å². The first-order valence-corrected chi connectivity index (χ1v) is 5.56. The summed E-state index contributed by atoms with van der Waals surface area (Å²) < 4.78 is 7.77. The van der Waals surface area contributed by atoms with Crippen LogP contribution < -0.4 is 0 Å². The van der Waals surface area contributed by atoms with Crippen LogP contribution in [0.15, 0.2) is 21.4 Å². The summed E-state index contributed by atoms with van der Waals surface area (Å²) in [5, 5.41) is 7.99. The van der Waals surface area contributed by atoms with Crippen molar-refractivity contribution in [3.8, 4) is 0 Å². The van der Waals surface area contributed by atoms with Crippen LogP contribution in [0.25, 0.3) is 0 Å². The molecule has 0 unspecified atom stereocenters. The van der Waals surface area contributed by atoms with Gasteiger partial charge in [-0.2, -0.15) is 10.1 Å². The zero-order chi connectivity index (χ0) is 10.7. The highest BCUT2D eigenvalue weighted by atomic mass is 79.9. The maximum Gasteiger partial charge on any atom is 0.226 e. The fourth-order valence-electron chi connectivity index (χ4n) is 1.24. The Kier molecular flexibility index (Phi) is 3.15. The van der Waals surface area contributed by atoms with Gasteiger partial charge >= 0.3 is 0 Å². The molecule has 0 atom stereocenters. The van der Waals surface area contributed by atoms with E-state index in [-0.39, 0.29) is 0 Å². The SMILES string of the molecule is CCCc1nc(Cn2cc(Br)cn2)no1. The molecule has 2 heterocycles. The molecule has 0 aliphatic heterocycles. The lowest BCUT2D eigenvalue weighted by Gasteiger charge is -1.93. The summed E-state index contributed by atoms with van der Waals surface area (Å²) in [5.74, 6) is 1.35. The normalized spacial score (nSPS) is 10.8. The van der Waals surface area contributed by atoms with Gasteiger partial charge in [-0.15, -0.1) is 0 Å². The predicted octanol–water partition coefficient (Wildman–Crippen LogP) is 2.03. The van der Waals surface area contributed by atoms with Crippen molar-refractivity contribution >= 4 is 15.9 Å². The van der Waals surface area contributed by atoms with E-state index in [9.17, 15) is 0 Å². The van der Waals surface area contributed by atoms with Crippen molar-refractivity contribution in [3.63, 3.8) is 0 Å². The van der Waals surface area contributed by atoms with Crippen LogP contribution in [-0.4, -0.2) is 19.9 Å². The summed E-state index contributed by atoms with van der Waals surface area (Å²) in [6, 6.07) is 0. The lowest BCUT2D eigenvalue weighted by molar-refractivity contribution is 0.370. The Morgan fingerprint density at radius 3 is 3.07 bits per heavy atom. The van der Waals surface area contributed by atoms with E-state index >= 15 is 0 Å². The Hall–Kier alpha value is -1.17. The Morgan fingerprint density at radius 1 is 1.53 bits per heavy atom. The van der Waals surface area contributed by atoms with Gasteiger partial charge < -0.3 is 4.52 Å². The smallest absolute Gasteiger partial charge is 0.226 e. The van der Waals surface area contributed by atoms with Crippen LogP contribution in [0.5, 0.6) is 0 Å². The number of rotatable bonds is 4. The van der Waals surface area contributed by atoms with Crippen LogP contribution in [-0.2, 0) is 13.0 Å². The highest BCUT2D eigenvalue weighted by Gasteiger charge is 2.06. The number of aromatic nitrogens is 4. The van der Waals surface area contributed by atoms with Crippen molar-refractivity contribution in [1.29, 1.82) is 0 Å². The first kappa shape index (κ1) is 10.4. The molecule has 0 saturated heterocycles. The Morgan fingerprint density at radius 2 is 2.40 bits per heavy atom. The summed E-state index contributed by atoms with van der Waals surface area (Å²) in [7, 11) is 0. The molecule has 2 aromatic rings. The zero-order valence-corrected chi connectivity index (χ0v) is 9.94. The maximum atomic E-state index is 5.07. The number of nitrogens with zero attached hydrogens (tertiary/aromatic N) is 4. The summed E-state index contributed by atoms with van der Waals surface area (Å²) in [6.07, 6.45) is 5.44. The zero-order valence-electron chi connectivity index (χ0n) is 8.35. The molecule has 80 valence electrons. The van der Waals surface area contributed by atoms with E-state index in [4.69, 9.17) is 4.52 Å². The van der Waals surface area contributed by atoms with Crippen molar-refractivity contribution in [3.05, 3.63) is 28.6 Å². The van der Waals surface area contributed by atoms with E-state index in [1.54, 1.807) is 10.9 Å². The van der Waals surface area contributed by atoms with Crippen molar-refractivity contribution < 1.29 is 4.52 Å². The molecule has 0 aliphatic carbocycles. The van der Waals surface area contributed by atoms with Crippen LogP contribution in [0.4, 0.5) is 0 Å². The summed E-state index contributed by atoms with van der Waals surface area (Å²) in [5.41, 5.74) is 0. The molecule has 0 saturated carbocycles. The largest absolute Gasteiger partial charge is 0.339 e. The average molecular weight is 271 g/mol. The van der Waals surface area contributed by atoms with Gasteiger partial charge in [0.15, 0.2) is 5.82 Å². The number of hydrogen-bond acceptors (Lipinski definition) is 4. The molecule has 0 radical (unpaired) electrons. The minimum absolute atomic E-state index is 0.540. The lowest BCUT2D eigenvalue weighted by atomic mass is 10.3. The summed E-state index contributed by atoms with van der Waals surface area (Å²) in [4.78, 5) is 4.25. The molecule has 0 amide bonds. The summed E-state index contributed by atoms with van der Waals surface area (Å²) in [6.45, 7) is 2.62.